The number of nitrogens with one attached hydrogen (secondary N) is 2. The Balaban J connectivity index is 1.87. The van der Waals surface area contributed by atoms with E-state index in [1.165, 1.54) is 0 Å². The molecule has 0 saturated carbocycles. The lowest BCUT2D eigenvalue weighted by Crippen LogP contribution is -2.36. The van der Waals surface area contributed by atoms with Crippen LogP contribution in [0.5, 0.6) is 0 Å². The average Bonchev–Trinajstić information content (AvgIpc) is 2.67. The van der Waals surface area contributed by atoms with Crippen molar-refractivity contribution in [1.82, 2.24) is 19.1 Å². The Morgan fingerprint density at radius 3 is 1.55 bits per heavy atom. The van der Waals surface area contributed by atoms with Crippen LogP contribution in [-0.4, -0.2) is 44.3 Å². The number of H-pyrrole nitrogens is 2. The lowest BCUT2D eigenvalue weighted by atomic mass is 9.96. The van der Waals surface area contributed by atoms with E-state index in [0.717, 1.165) is 0 Å². The second-order valence-corrected chi connectivity index (χ2v) is 7.21. The summed E-state index contributed by atoms with van der Waals surface area (Å²) in [6, 6.07) is 0. The zero-order valence-electron chi connectivity index (χ0n) is 16.4. The Labute approximate surface area is 171 Å². The lowest BCUT2D eigenvalue weighted by molar-refractivity contribution is -0.153. The number of carbonyl (C=O) groups is 2. The molecule has 0 aliphatic rings. The molecule has 0 radical (unpaired) electrons. The molecule has 0 unspecified atom stereocenters. The lowest BCUT2D eigenvalue weighted by Gasteiger charge is -2.23. The Morgan fingerprint density at radius 2 is 1.19 bits per heavy atom. The van der Waals surface area contributed by atoms with Crippen LogP contribution in [0.1, 0.15) is 13.8 Å². The van der Waals surface area contributed by atoms with Gasteiger partial charge in [-0.05, 0) is 0 Å². The standard InChI is InChI=1S/C17H18F2N4O8/c1-17(2,7-30-11(24)5-22-3-9(18)13(26)20-15(22)28)8-31-12(25)6-23-4-10(19)14(27)21-16(23)29/h3-4H,5-8H2,1-2H3,(H,20,26,28)(H,21,27,29). The van der Waals surface area contributed by atoms with Gasteiger partial charge in [0.15, 0.2) is 0 Å². The van der Waals surface area contributed by atoms with Crippen molar-refractivity contribution in [2.24, 2.45) is 5.41 Å². The number of ether oxygens (including phenoxy) is 2. The molecule has 0 saturated heterocycles. The summed E-state index contributed by atoms with van der Waals surface area (Å²) in [4.78, 5) is 72.1. The Bertz CT molecular complexity index is 1130. The first-order valence-corrected chi connectivity index (χ1v) is 8.68. The third kappa shape index (κ3) is 6.58. The van der Waals surface area contributed by atoms with E-state index in [1.54, 1.807) is 23.8 Å². The topological polar surface area (TPSA) is 162 Å². The van der Waals surface area contributed by atoms with Crippen LogP contribution >= 0.6 is 0 Å². The Hall–Kier alpha value is -3.84. The molecule has 168 valence electrons. The molecule has 2 heterocycles. The predicted molar refractivity (Wildman–Crippen MR) is 98.3 cm³/mol. The van der Waals surface area contributed by atoms with Gasteiger partial charge in [0.1, 0.15) is 13.1 Å². The summed E-state index contributed by atoms with van der Waals surface area (Å²) in [6.07, 6.45) is 1.13. The minimum absolute atomic E-state index is 0.257. The molecule has 2 N–H and O–H groups in total. The van der Waals surface area contributed by atoms with Gasteiger partial charge in [0.2, 0.25) is 11.6 Å². The summed E-state index contributed by atoms with van der Waals surface area (Å²) in [7, 11) is 0. The summed E-state index contributed by atoms with van der Waals surface area (Å²) in [5, 5.41) is 0. The van der Waals surface area contributed by atoms with Crippen LogP contribution in [0.4, 0.5) is 8.78 Å². The van der Waals surface area contributed by atoms with Crippen LogP contribution in [0.25, 0.3) is 0 Å². The van der Waals surface area contributed by atoms with Crippen molar-refractivity contribution >= 4 is 11.9 Å². The van der Waals surface area contributed by atoms with Gasteiger partial charge in [0.25, 0.3) is 11.1 Å². The maximum Gasteiger partial charge on any atom is 0.329 e. The number of halogens is 2. The minimum atomic E-state index is -1.25. The number of esters is 2. The van der Waals surface area contributed by atoms with E-state index in [9.17, 15) is 37.5 Å². The van der Waals surface area contributed by atoms with Crippen molar-refractivity contribution in [3.63, 3.8) is 0 Å². The van der Waals surface area contributed by atoms with Crippen LogP contribution in [-0.2, 0) is 32.2 Å². The van der Waals surface area contributed by atoms with Crippen LogP contribution in [0.2, 0.25) is 0 Å². The first-order chi connectivity index (χ1) is 14.4. The van der Waals surface area contributed by atoms with Crippen molar-refractivity contribution in [3.8, 4) is 0 Å². The molecule has 2 aromatic heterocycles. The van der Waals surface area contributed by atoms with E-state index in [-0.39, 0.29) is 13.2 Å². The SMILES string of the molecule is CC(C)(COC(=O)Cn1cc(F)c(=O)[nH]c1=O)COC(=O)Cn1cc(F)c(=O)[nH]c1=O. The monoisotopic (exact) mass is 444 g/mol. The van der Waals surface area contributed by atoms with Crippen molar-refractivity contribution in [2.75, 3.05) is 13.2 Å². The van der Waals surface area contributed by atoms with Gasteiger partial charge in [0.05, 0.1) is 25.6 Å². The number of aromatic amines is 2. The molecule has 0 aromatic carbocycles. The molecule has 0 atom stereocenters. The molecule has 0 spiro atoms. The Kier molecular flexibility index (Phi) is 7.04. The fraction of sp³-hybridized carbons (Fsp3) is 0.412. The average molecular weight is 444 g/mol. The molecule has 2 aromatic rings. The van der Waals surface area contributed by atoms with Crippen molar-refractivity contribution in [3.05, 3.63) is 65.7 Å². The zero-order chi connectivity index (χ0) is 23.3. The quantitative estimate of drug-likeness (QED) is 0.464. The molecule has 31 heavy (non-hydrogen) atoms. The van der Waals surface area contributed by atoms with Gasteiger partial charge in [-0.1, -0.05) is 13.8 Å². The highest BCUT2D eigenvalue weighted by molar-refractivity contribution is 5.69. The number of nitrogens with zero attached hydrogens (tertiary/aromatic N) is 2. The van der Waals surface area contributed by atoms with E-state index in [1.807, 2.05) is 0 Å². The summed E-state index contributed by atoms with van der Waals surface area (Å²) in [5.74, 6) is -4.33. The second kappa shape index (κ2) is 9.32. The van der Waals surface area contributed by atoms with Gasteiger partial charge in [-0.2, -0.15) is 8.78 Å². The van der Waals surface area contributed by atoms with Gasteiger partial charge < -0.3 is 9.47 Å². The van der Waals surface area contributed by atoms with Gasteiger partial charge in [0, 0.05) is 5.41 Å². The molecule has 2 rings (SSSR count). The fourth-order valence-corrected chi connectivity index (χ4v) is 2.16. The van der Waals surface area contributed by atoms with E-state index in [0.29, 0.717) is 21.5 Å². The molecule has 0 bridgehead atoms. The van der Waals surface area contributed by atoms with E-state index in [2.05, 4.69) is 0 Å². The van der Waals surface area contributed by atoms with Crippen LogP contribution in [0, 0.1) is 17.0 Å². The van der Waals surface area contributed by atoms with Crippen molar-refractivity contribution < 1.29 is 27.8 Å². The zero-order valence-corrected chi connectivity index (χ0v) is 16.4. The minimum Gasteiger partial charge on any atom is -0.464 e. The van der Waals surface area contributed by atoms with Crippen LogP contribution in [0.3, 0.4) is 0 Å². The third-order valence-electron chi connectivity index (χ3n) is 3.78. The van der Waals surface area contributed by atoms with Gasteiger partial charge in [-0.15, -0.1) is 0 Å². The number of aromatic nitrogens is 4. The highest BCUT2D eigenvalue weighted by atomic mass is 19.1. The molecular weight excluding hydrogens is 426 g/mol. The third-order valence-corrected chi connectivity index (χ3v) is 3.78. The normalized spacial score (nSPS) is 11.2. The maximum absolute atomic E-state index is 13.2. The number of hydrogen-bond donors (Lipinski definition) is 2. The van der Waals surface area contributed by atoms with Crippen molar-refractivity contribution in [2.45, 2.75) is 26.9 Å². The summed E-state index contributed by atoms with van der Waals surface area (Å²) in [6.45, 7) is 1.31. The fourth-order valence-electron chi connectivity index (χ4n) is 2.16. The number of carbonyl (C=O) groups excluding carboxylic acids is 2. The van der Waals surface area contributed by atoms with E-state index in [4.69, 9.17) is 9.47 Å². The molecule has 0 aliphatic carbocycles. The first-order valence-electron chi connectivity index (χ1n) is 8.68. The highest BCUT2D eigenvalue weighted by Crippen LogP contribution is 2.16. The van der Waals surface area contributed by atoms with Crippen LogP contribution in [0.15, 0.2) is 31.6 Å². The van der Waals surface area contributed by atoms with Gasteiger partial charge in [-0.3, -0.25) is 38.3 Å². The van der Waals surface area contributed by atoms with Crippen LogP contribution < -0.4 is 22.5 Å². The largest absolute Gasteiger partial charge is 0.464 e. The van der Waals surface area contributed by atoms with E-state index < -0.39 is 64.6 Å². The number of rotatable bonds is 8. The molecular formula is C17H18F2N4O8. The second-order valence-electron chi connectivity index (χ2n) is 7.21. The maximum atomic E-state index is 13.2. The molecule has 14 heteroatoms. The summed E-state index contributed by atoms with van der Waals surface area (Å²) >= 11 is 0. The predicted octanol–water partition coefficient (Wildman–Crippen LogP) is -1.52. The van der Waals surface area contributed by atoms with E-state index >= 15 is 0 Å². The molecule has 12 nitrogen and oxygen atoms in total. The first kappa shape index (κ1) is 23.4. The van der Waals surface area contributed by atoms with Gasteiger partial charge in [-0.25, -0.2) is 9.59 Å². The highest BCUT2D eigenvalue weighted by Gasteiger charge is 2.23. The summed E-state index contributed by atoms with van der Waals surface area (Å²) in [5.41, 5.74) is -5.32. The molecule has 0 fully saturated rings. The van der Waals surface area contributed by atoms with Crippen molar-refractivity contribution in [1.29, 1.82) is 0 Å². The molecule has 0 amide bonds. The number of hydrogen-bond acceptors (Lipinski definition) is 8. The summed E-state index contributed by atoms with van der Waals surface area (Å²) < 4.78 is 37.6. The smallest absolute Gasteiger partial charge is 0.329 e. The molecule has 0 aliphatic heterocycles. The Morgan fingerprint density at radius 1 is 0.839 bits per heavy atom. The van der Waals surface area contributed by atoms with Gasteiger partial charge >= 0.3 is 23.3 Å².